The van der Waals surface area contributed by atoms with Crippen LogP contribution >= 0.6 is 7.14 Å². The highest BCUT2D eigenvalue weighted by Crippen LogP contribution is 2.72. The molecule has 1 aromatic carbocycles. The molecule has 0 bridgehead atoms. The lowest BCUT2D eigenvalue weighted by atomic mass is 10.3. The van der Waals surface area contributed by atoms with E-state index in [0.29, 0.717) is 22.5 Å². The number of hydrogen-bond acceptors (Lipinski definition) is 4. The summed E-state index contributed by atoms with van der Waals surface area (Å²) in [6.07, 6.45) is 1.70. The van der Waals surface area contributed by atoms with E-state index >= 15 is 0 Å². The van der Waals surface area contributed by atoms with Gasteiger partial charge in [0, 0.05) is 11.4 Å². The summed E-state index contributed by atoms with van der Waals surface area (Å²) >= 11 is 0. The van der Waals surface area contributed by atoms with Gasteiger partial charge < -0.3 is 14.0 Å². The maximum absolute atomic E-state index is 14.1. The highest BCUT2D eigenvalue weighted by molar-refractivity contribution is 7.74. The highest BCUT2D eigenvalue weighted by Gasteiger charge is 2.55. The first-order valence-corrected chi connectivity index (χ1v) is 9.02. The number of fused-ring (bicyclic) bond motifs is 1. The minimum absolute atomic E-state index is 0.463. The topological polar surface area (TPSA) is 48.4 Å². The van der Waals surface area contributed by atoms with Crippen LogP contribution in [0.2, 0.25) is 0 Å². The van der Waals surface area contributed by atoms with E-state index in [9.17, 15) is 4.57 Å². The Morgan fingerprint density at radius 2 is 1.95 bits per heavy atom. The van der Waals surface area contributed by atoms with Crippen LogP contribution in [0.1, 0.15) is 32.3 Å². The van der Waals surface area contributed by atoms with Crippen molar-refractivity contribution < 1.29 is 14.0 Å². The van der Waals surface area contributed by atoms with E-state index in [0.717, 1.165) is 0 Å². The number of rotatable bonds is 2. The highest BCUT2D eigenvalue weighted by atomic mass is 31.2. The Morgan fingerprint density at radius 3 is 2.55 bits per heavy atom. The number of methoxy groups -OCH3 is 1. The van der Waals surface area contributed by atoms with Crippen molar-refractivity contribution in [2.24, 2.45) is 0 Å². The molecular weight excluding hydrogens is 297 g/mol. The molecule has 2 heterocycles. The quantitative estimate of drug-likeness (QED) is 0.786. The molecule has 5 heteroatoms. The fourth-order valence-corrected chi connectivity index (χ4v) is 6.20. The van der Waals surface area contributed by atoms with Gasteiger partial charge in [0.2, 0.25) is 0 Å². The van der Waals surface area contributed by atoms with E-state index in [-0.39, 0.29) is 0 Å². The fourth-order valence-electron chi connectivity index (χ4n) is 2.86. The molecule has 3 rings (SSSR count). The molecule has 0 spiro atoms. The summed E-state index contributed by atoms with van der Waals surface area (Å²) in [7, 11) is -1.35. The SMILES string of the molecule is COc1cccc2c1P(=O)(C(C)(C)C)[C@H](c1ccccn1)O2. The first-order chi connectivity index (χ1) is 10.4. The fraction of sp³-hybridized carbons (Fsp3) is 0.353. The molecule has 1 aliphatic rings. The van der Waals surface area contributed by atoms with Crippen molar-refractivity contribution in [3.63, 3.8) is 0 Å². The summed E-state index contributed by atoms with van der Waals surface area (Å²) in [5, 5.41) is 0.232. The summed E-state index contributed by atoms with van der Waals surface area (Å²) < 4.78 is 25.7. The molecule has 0 saturated carbocycles. The predicted molar refractivity (Wildman–Crippen MR) is 87.6 cm³/mol. The van der Waals surface area contributed by atoms with Gasteiger partial charge in [-0.05, 0) is 24.3 Å². The summed E-state index contributed by atoms with van der Waals surface area (Å²) in [5.41, 5.74) is 0.694. The lowest BCUT2D eigenvalue weighted by Gasteiger charge is -2.31. The van der Waals surface area contributed by atoms with Crippen molar-refractivity contribution >= 4 is 12.4 Å². The van der Waals surface area contributed by atoms with E-state index in [1.807, 2.05) is 57.2 Å². The molecule has 0 radical (unpaired) electrons. The van der Waals surface area contributed by atoms with Gasteiger partial charge in [-0.2, -0.15) is 0 Å². The second-order valence-corrected chi connectivity index (χ2v) is 9.93. The molecule has 0 saturated heterocycles. The summed E-state index contributed by atoms with van der Waals surface area (Å²) in [4.78, 5) is 4.37. The minimum Gasteiger partial charge on any atom is -0.496 e. The molecule has 1 aliphatic heterocycles. The van der Waals surface area contributed by atoms with Gasteiger partial charge in [0.25, 0.3) is 0 Å². The Kier molecular flexibility index (Phi) is 3.53. The normalized spacial score (nSPS) is 23.7. The molecule has 0 fully saturated rings. The van der Waals surface area contributed by atoms with Gasteiger partial charge in [0.05, 0.1) is 18.1 Å². The van der Waals surface area contributed by atoms with Gasteiger partial charge >= 0.3 is 0 Å². The Morgan fingerprint density at radius 1 is 1.18 bits per heavy atom. The number of ether oxygens (including phenoxy) is 2. The molecule has 4 nitrogen and oxygen atoms in total. The van der Waals surface area contributed by atoms with Crippen molar-refractivity contribution in [2.45, 2.75) is 31.8 Å². The Bertz CT molecular complexity index is 737. The first-order valence-electron chi connectivity index (χ1n) is 7.24. The molecule has 0 amide bonds. The van der Waals surface area contributed by atoms with E-state index in [1.54, 1.807) is 13.3 Å². The van der Waals surface area contributed by atoms with Gasteiger partial charge in [-0.1, -0.05) is 32.9 Å². The summed E-state index contributed by atoms with van der Waals surface area (Å²) in [6.45, 7) is 5.94. The second kappa shape index (κ2) is 5.13. The Labute approximate surface area is 130 Å². The molecule has 1 aromatic heterocycles. The van der Waals surface area contributed by atoms with Crippen LogP contribution in [0.5, 0.6) is 11.5 Å². The maximum atomic E-state index is 14.1. The van der Waals surface area contributed by atoms with Crippen LogP contribution in [-0.2, 0) is 4.57 Å². The standard InChI is InChI=1S/C17H20NO3P/c1-17(2,3)22(19)15-13(20-4)9-7-10-14(15)21-16(22)12-8-5-6-11-18-12/h5-11,16H,1-4H3/t16-,22?/m1/s1. The average Bonchev–Trinajstić information content (AvgIpc) is 2.82. The zero-order chi connectivity index (χ0) is 16.0. The zero-order valence-corrected chi connectivity index (χ0v) is 14.1. The molecule has 2 aromatic rings. The van der Waals surface area contributed by atoms with Gasteiger partial charge in [0.15, 0.2) is 13.0 Å². The van der Waals surface area contributed by atoms with E-state index < -0.39 is 18.1 Å². The second-order valence-electron chi connectivity index (χ2n) is 6.36. The monoisotopic (exact) mass is 317 g/mol. The van der Waals surface area contributed by atoms with E-state index in [1.165, 1.54) is 0 Å². The van der Waals surface area contributed by atoms with Gasteiger partial charge in [-0.25, -0.2) is 0 Å². The Hall–Kier alpha value is -1.80. The van der Waals surface area contributed by atoms with Crippen LogP contribution in [0.3, 0.4) is 0 Å². The third kappa shape index (κ3) is 2.05. The number of nitrogens with zero attached hydrogens (tertiary/aromatic N) is 1. The smallest absolute Gasteiger partial charge is 0.197 e. The maximum Gasteiger partial charge on any atom is 0.197 e. The van der Waals surface area contributed by atoms with Crippen molar-refractivity contribution in [1.82, 2.24) is 4.98 Å². The largest absolute Gasteiger partial charge is 0.496 e. The molecule has 0 N–H and O–H groups in total. The Balaban J connectivity index is 2.27. The van der Waals surface area contributed by atoms with Crippen LogP contribution in [0.15, 0.2) is 42.6 Å². The van der Waals surface area contributed by atoms with E-state index in [2.05, 4.69) is 4.98 Å². The lowest BCUT2D eigenvalue weighted by Crippen LogP contribution is -2.25. The van der Waals surface area contributed by atoms with Gasteiger partial charge in [-0.15, -0.1) is 0 Å². The first kappa shape index (κ1) is 15.1. The third-order valence-electron chi connectivity index (χ3n) is 4.02. The molecule has 0 aliphatic carbocycles. The zero-order valence-electron chi connectivity index (χ0n) is 13.2. The summed E-state index contributed by atoms with van der Waals surface area (Å²) in [5.74, 6) is 0.683. The van der Waals surface area contributed by atoms with Gasteiger partial charge in [0.1, 0.15) is 11.5 Å². The number of aromatic nitrogens is 1. The molecule has 116 valence electrons. The summed E-state index contributed by atoms with van der Waals surface area (Å²) in [6, 6.07) is 11.1. The van der Waals surface area contributed by atoms with Crippen molar-refractivity contribution in [2.75, 3.05) is 7.11 Å². The average molecular weight is 317 g/mol. The van der Waals surface area contributed by atoms with Crippen LogP contribution in [-0.4, -0.2) is 17.2 Å². The van der Waals surface area contributed by atoms with Crippen molar-refractivity contribution in [3.05, 3.63) is 48.3 Å². The van der Waals surface area contributed by atoms with Gasteiger partial charge in [-0.3, -0.25) is 4.98 Å². The van der Waals surface area contributed by atoms with Crippen LogP contribution in [0.25, 0.3) is 0 Å². The van der Waals surface area contributed by atoms with Crippen LogP contribution in [0, 0.1) is 0 Å². The molecule has 22 heavy (non-hydrogen) atoms. The predicted octanol–water partition coefficient (Wildman–Crippen LogP) is 3.97. The molecule has 1 unspecified atom stereocenters. The van der Waals surface area contributed by atoms with Crippen molar-refractivity contribution in [3.8, 4) is 11.5 Å². The molecule has 2 atom stereocenters. The lowest BCUT2D eigenvalue weighted by molar-refractivity contribution is 0.285. The number of benzene rings is 1. The minimum atomic E-state index is -2.94. The van der Waals surface area contributed by atoms with Crippen LogP contribution in [0.4, 0.5) is 0 Å². The van der Waals surface area contributed by atoms with Crippen molar-refractivity contribution in [1.29, 1.82) is 0 Å². The molecular formula is C17H20NO3P. The number of pyridine rings is 1. The number of hydrogen-bond donors (Lipinski definition) is 0. The van der Waals surface area contributed by atoms with E-state index in [4.69, 9.17) is 9.47 Å². The third-order valence-corrected chi connectivity index (χ3v) is 8.15. The van der Waals surface area contributed by atoms with Crippen LogP contribution < -0.4 is 14.8 Å².